The van der Waals surface area contributed by atoms with E-state index in [0.29, 0.717) is 12.2 Å². The molecule has 0 saturated heterocycles. The smallest absolute Gasteiger partial charge is 0.407 e. The van der Waals surface area contributed by atoms with Crippen LogP contribution in [0.5, 0.6) is 11.5 Å². The summed E-state index contributed by atoms with van der Waals surface area (Å²) in [6, 6.07) is 4.33. The monoisotopic (exact) mass is 211 g/mol. The molecule has 1 aromatic rings. The largest absolute Gasteiger partial charge is 0.504 e. The molecule has 5 heteroatoms. The Kier molecular flexibility index (Phi) is 3.79. The standard InChI is InChI=1S/C10H13NO4/c1-2-15-10(14)11-6-7-3-4-8(12)9(13)5-7/h3-5,12-13H,2,6H2,1H3,(H,11,14). The van der Waals surface area contributed by atoms with Crippen molar-refractivity contribution in [2.45, 2.75) is 13.5 Å². The van der Waals surface area contributed by atoms with E-state index in [9.17, 15) is 9.90 Å². The lowest BCUT2D eigenvalue weighted by Gasteiger charge is -2.06. The Morgan fingerprint density at radius 2 is 2.13 bits per heavy atom. The van der Waals surface area contributed by atoms with Gasteiger partial charge in [-0.25, -0.2) is 4.79 Å². The van der Waals surface area contributed by atoms with Gasteiger partial charge >= 0.3 is 6.09 Å². The molecule has 0 heterocycles. The van der Waals surface area contributed by atoms with Gasteiger partial charge in [-0.15, -0.1) is 0 Å². The van der Waals surface area contributed by atoms with Crippen LogP contribution in [0.2, 0.25) is 0 Å². The van der Waals surface area contributed by atoms with Crippen LogP contribution in [0.3, 0.4) is 0 Å². The molecule has 0 aliphatic carbocycles. The van der Waals surface area contributed by atoms with Gasteiger partial charge < -0.3 is 20.3 Å². The number of alkyl carbamates (subject to hydrolysis) is 1. The van der Waals surface area contributed by atoms with Crippen molar-refractivity contribution in [3.8, 4) is 11.5 Å². The zero-order chi connectivity index (χ0) is 11.3. The Labute approximate surface area is 87.3 Å². The van der Waals surface area contributed by atoms with Crippen molar-refractivity contribution < 1.29 is 19.7 Å². The van der Waals surface area contributed by atoms with E-state index in [0.717, 1.165) is 0 Å². The van der Waals surface area contributed by atoms with Crippen LogP contribution in [-0.2, 0) is 11.3 Å². The highest BCUT2D eigenvalue weighted by atomic mass is 16.5. The maximum atomic E-state index is 10.9. The Morgan fingerprint density at radius 3 is 2.73 bits per heavy atom. The van der Waals surface area contributed by atoms with Crippen LogP contribution in [0.15, 0.2) is 18.2 Å². The predicted molar refractivity (Wildman–Crippen MR) is 53.6 cm³/mol. The summed E-state index contributed by atoms with van der Waals surface area (Å²) in [5.74, 6) is -0.395. The summed E-state index contributed by atoms with van der Waals surface area (Å²) in [5, 5.41) is 20.7. The lowest BCUT2D eigenvalue weighted by atomic mass is 10.2. The van der Waals surface area contributed by atoms with E-state index >= 15 is 0 Å². The third-order valence-electron chi connectivity index (χ3n) is 1.75. The molecule has 3 N–H and O–H groups in total. The topological polar surface area (TPSA) is 78.8 Å². The molecule has 15 heavy (non-hydrogen) atoms. The average Bonchev–Trinajstić information content (AvgIpc) is 2.20. The van der Waals surface area contributed by atoms with Crippen molar-refractivity contribution in [1.82, 2.24) is 5.32 Å². The summed E-state index contributed by atoms with van der Waals surface area (Å²) in [5.41, 5.74) is 0.679. The molecule has 0 aliphatic heterocycles. The van der Waals surface area contributed by atoms with Crippen molar-refractivity contribution in [3.63, 3.8) is 0 Å². The Balaban J connectivity index is 2.51. The predicted octanol–water partition coefficient (Wildman–Crippen LogP) is 1.34. The fourth-order valence-electron chi connectivity index (χ4n) is 1.04. The first kappa shape index (κ1) is 11.2. The second-order valence-corrected chi connectivity index (χ2v) is 2.90. The zero-order valence-corrected chi connectivity index (χ0v) is 8.36. The van der Waals surface area contributed by atoms with Crippen molar-refractivity contribution in [2.24, 2.45) is 0 Å². The minimum atomic E-state index is -0.509. The summed E-state index contributed by atoms with van der Waals surface area (Å²) in [6.45, 7) is 2.27. The van der Waals surface area contributed by atoms with E-state index in [2.05, 4.69) is 10.1 Å². The number of nitrogens with one attached hydrogen (secondary N) is 1. The Morgan fingerprint density at radius 1 is 1.40 bits per heavy atom. The summed E-state index contributed by atoms with van der Waals surface area (Å²) in [6.07, 6.45) is -0.509. The zero-order valence-electron chi connectivity index (χ0n) is 8.36. The number of carbonyl (C=O) groups is 1. The molecule has 0 atom stereocenters. The fourth-order valence-corrected chi connectivity index (χ4v) is 1.04. The lowest BCUT2D eigenvalue weighted by molar-refractivity contribution is 0.151. The lowest BCUT2D eigenvalue weighted by Crippen LogP contribution is -2.23. The molecule has 82 valence electrons. The van der Waals surface area contributed by atoms with Gasteiger partial charge in [0.05, 0.1) is 6.61 Å². The number of hydrogen-bond donors (Lipinski definition) is 3. The van der Waals surface area contributed by atoms with E-state index in [1.165, 1.54) is 12.1 Å². The van der Waals surface area contributed by atoms with E-state index < -0.39 is 6.09 Å². The third kappa shape index (κ3) is 3.38. The summed E-state index contributed by atoms with van der Waals surface area (Å²) in [7, 11) is 0. The molecule has 0 unspecified atom stereocenters. The van der Waals surface area contributed by atoms with Gasteiger partial charge in [0.15, 0.2) is 11.5 Å². The van der Waals surface area contributed by atoms with Gasteiger partial charge in [0.1, 0.15) is 0 Å². The first-order chi connectivity index (χ1) is 7.13. The van der Waals surface area contributed by atoms with Gasteiger partial charge in [-0.1, -0.05) is 6.07 Å². The van der Waals surface area contributed by atoms with Gasteiger partial charge in [0.25, 0.3) is 0 Å². The molecule has 0 bridgehead atoms. The molecule has 1 rings (SSSR count). The van der Waals surface area contributed by atoms with Crippen LogP contribution in [0.4, 0.5) is 4.79 Å². The molecule has 0 fully saturated rings. The van der Waals surface area contributed by atoms with Crippen LogP contribution in [0, 0.1) is 0 Å². The van der Waals surface area contributed by atoms with Crippen molar-refractivity contribution in [2.75, 3.05) is 6.61 Å². The molecule has 0 aromatic heterocycles. The number of carbonyl (C=O) groups excluding carboxylic acids is 1. The minimum absolute atomic E-state index is 0.185. The molecular weight excluding hydrogens is 198 g/mol. The number of rotatable bonds is 3. The van der Waals surface area contributed by atoms with Crippen LogP contribution >= 0.6 is 0 Å². The van der Waals surface area contributed by atoms with Crippen molar-refractivity contribution in [1.29, 1.82) is 0 Å². The Bertz CT molecular complexity index is 351. The maximum absolute atomic E-state index is 10.9. The molecule has 5 nitrogen and oxygen atoms in total. The highest BCUT2D eigenvalue weighted by Crippen LogP contribution is 2.24. The van der Waals surface area contributed by atoms with Gasteiger partial charge in [0, 0.05) is 6.54 Å². The quantitative estimate of drug-likeness (QED) is 0.659. The van der Waals surface area contributed by atoms with Crippen LogP contribution in [0.25, 0.3) is 0 Å². The van der Waals surface area contributed by atoms with Gasteiger partial charge in [-0.05, 0) is 24.6 Å². The number of benzene rings is 1. The summed E-state index contributed by atoms with van der Waals surface area (Å²) < 4.78 is 4.66. The van der Waals surface area contributed by atoms with Crippen molar-refractivity contribution >= 4 is 6.09 Å². The number of hydrogen-bond acceptors (Lipinski definition) is 4. The molecular formula is C10H13NO4. The molecule has 0 aliphatic rings. The first-order valence-electron chi connectivity index (χ1n) is 4.55. The molecule has 1 amide bonds. The van der Waals surface area contributed by atoms with Crippen molar-refractivity contribution in [3.05, 3.63) is 23.8 Å². The number of ether oxygens (including phenoxy) is 1. The van der Waals surface area contributed by atoms with Crippen LogP contribution < -0.4 is 5.32 Å². The second kappa shape index (κ2) is 5.09. The molecule has 0 saturated carbocycles. The number of phenols is 2. The SMILES string of the molecule is CCOC(=O)NCc1ccc(O)c(O)c1. The van der Waals surface area contributed by atoms with E-state index in [1.807, 2.05) is 0 Å². The molecule has 1 aromatic carbocycles. The van der Waals surface area contributed by atoms with Gasteiger partial charge in [-0.2, -0.15) is 0 Å². The minimum Gasteiger partial charge on any atom is -0.504 e. The van der Waals surface area contributed by atoms with E-state index in [-0.39, 0.29) is 18.0 Å². The van der Waals surface area contributed by atoms with Gasteiger partial charge in [-0.3, -0.25) is 0 Å². The first-order valence-corrected chi connectivity index (χ1v) is 4.55. The Hall–Kier alpha value is -1.91. The number of phenolic OH excluding ortho intramolecular Hbond substituents is 2. The molecule has 0 radical (unpaired) electrons. The second-order valence-electron chi connectivity index (χ2n) is 2.90. The van der Waals surface area contributed by atoms with Gasteiger partial charge in [0.2, 0.25) is 0 Å². The van der Waals surface area contributed by atoms with Crippen LogP contribution in [-0.4, -0.2) is 22.9 Å². The van der Waals surface area contributed by atoms with Crippen LogP contribution in [0.1, 0.15) is 12.5 Å². The maximum Gasteiger partial charge on any atom is 0.407 e. The fraction of sp³-hybridized carbons (Fsp3) is 0.300. The highest BCUT2D eigenvalue weighted by molar-refractivity contribution is 5.67. The highest BCUT2D eigenvalue weighted by Gasteiger charge is 2.03. The molecule has 0 spiro atoms. The number of amides is 1. The third-order valence-corrected chi connectivity index (χ3v) is 1.75. The summed E-state index contributed by atoms with van der Waals surface area (Å²) >= 11 is 0. The van der Waals surface area contributed by atoms with E-state index in [4.69, 9.17) is 5.11 Å². The van der Waals surface area contributed by atoms with E-state index in [1.54, 1.807) is 13.0 Å². The summed E-state index contributed by atoms with van der Waals surface area (Å²) in [4.78, 5) is 10.9. The average molecular weight is 211 g/mol. The normalized spacial score (nSPS) is 9.67. The number of aromatic hydroxyl groups is 2.